The number of nitrogens with two attached hydrogens (primary N) is 1. The third-order valence-electron chi connectivity index (χ3n) is 2.26. The minimum atomic E-state index is -4.34. The molecule has 0 bridgehead atoms. The first-order valence-electron chi connectivity index (χ1n) is 4.70. The first-order valence-corrected chi connectivity index (χ1v) is 4.70. The summed E-state index contributed by atoms with van der Waals surface area (Å²) in [5, 5.41) is 0. The van der Waals surface area contributed by atoms with E-state index >= 15 is 0 Å². The van der Waals surface area contributed by atoms with E-state index in [0.717, 1.165) is 12.1 Å². The van der Waals surface area contributed by atoms with E-state index in [-0.39, 0.29) is 6.04 Å². The number of alkyl halides is 3. The highest BCUT2D eigenvalue weighted by Crippen LogP contribution is 2.31. The number of aromatic nitrogens is 2. The molecule has 0 fully saturated rings. The van der Waals surface area contributed by atoms with E-state index in [1.807, 2.05) is 0 Å². The zero-order valence-corrected chi connectivity index (χ0v) is 8.47. The van der Waals surface area contributed by atoms with Crippen molar-refractivity contribution in [3.05, 3.63) is 29.6 Å². The highest BCUT2D eigenvalue weighted by Gasteiger charge is 2.30. The lowest BCUT2D eigenvalue weighted by atomic mass is 10.2. The number of nitrogens with zero attached hydrogens (tertiary/aromatic N) is 1. The maximum atomic E-state index is 12.4. The molecule has 16 heavy (non-hydrogen) atoms. The van der Waals surface area contributed by atoms with Gasteiger partial charge in [-0.25, -0.2) is 4.98 Å². The molecule has 2 aromatic rings. The van der Waals surface area contributed by atoms with Gasteiger partial charge in [0.15, 0.2) is 0 Å². The summed E-state index contributed by atoms with van der Waals surface area (Å²) < 4.78 is 37.3. The Morgan fingerprint density at radius 3 is 2.62 bits per heavy atom. The highest BCUT2D eigenvalue weighted by molar-refractivity contribution is 5.76. The van der Waals surface area contributed by atoms with E-state index in [1.54, 1.807) is 6.92 Å². The number of benzene rings is 1. The molecule has 2 rings (SSSR count). The third-order valence-corrected chi connectivity index (χ3v) is 2.26. The van der Waals surface area contributed by atoms with Crippen molar-refractivity contribution in [3.63, 3.8) is 0 Å². The van der Waals surface area contributed by atoms with Gasteiger partial charge >= 0.3 is 6.18 Å². The summed E-state index contributed by atoms with van der Waals surface area (Å²) in [5.74, 6) is 0.481. The molecule has 1 heterocycles. The van der Waals surface area contributed by atoms with Gasteiger partial charge in [0.1, 0.15) is 5.82 Å². The number of hydrogen-bond donors (Lipinski definition) is 2. The van der Waals surface area contributed by atoms with Gasteiger partial charge in [-0.15, -0.1) is 0 Å². The number of nitrogens with one attached hydrogen (secondary N) is 1. The van der Waals surface area contributed by atoms with Crippen LogP contribution in [0.4, 0.5) is 13.2 Å². The summed E-state index contributed by atoms with van der Waals surface area (Å²) in [6, 6.07) is 3.05. The van der Waals surface area contributed by atoms with Crippen LogP contribution in [0, 0.1) is 0 Å². The summed E-state index contributed by atoms with van der Waals surface area (Å²) in [5.41, 5.74) is 5.73. The van der Waals surface area contributed by atoms with Gasteiger partial charge in [0, 0.05) is 0 Å². The van der Waals surface area contributed by atoms with E-state index in [0.29, 0.717) is 16.9 Å². The van der Waals surface area contributed by atoms with Crippen LogP contribution in [-0.2, 0) is 6.18 Å². The highest BCUT2D eigenvalue weighted by atomic mass is 19.4. The van der Waals surface area contributed by atoms with Crippen LogP contribution in [0.15, 0.2) is 18.2 Å². The monoisotopic (exact) mass is 229 g/mol. The van der Waals surface area contributed by atoms with E-state index in [4.69, 9.17) is 5.73 Å². The van der Waals surface area contributed by atoms with Crippen molar-refractivity contribution in [2.45, 2.75) is 19.1 Å². The van der Waals surface area contributed by atoms with Crippen molar-refractivity contribution in [2.24, 2.45) is 5.73 Å². The lowest BCUT2D eigenvalue weighted by Crippen LogP contribution is -2.06. The van der Waals surface area contributed by atoms with Crippen molar-refractivity contribution in [1.29, 1.82) is 0 Å². The molecule has 86 valence electrons. The number of H-pyrrole nitrogens is 1. The number of fused-ring (bicyclic) bond motifs is 1. The van der Waals surface area contributed by atoms with Gasteiger partial charge in [0.25, 0.3) is 0 Å². The van der Waals surface area contributed by atoms with Gasteiger partial charge in [0.05, 0.1) is 22.6 Å². The number of rotatable bonds is 1. The SMILES string of the molecule is C[C@@H](N)c1nc2ccc(C(F)(F)F)cc2[nH]1. The molecule has 0 radical (unpaired) electrons. The molecule has 0 spiro atoms. The first-order chi connectivity index (χ1) is 7.38. The quantitative estimate of drug-likeness (QED) is 0.789. The number of halogens is 3. The van der Waals surface area contributed by atoms with E-state index in [1.165, 1.54) is 6.07 Å². The molecule has 6 heteroatoms. The molecule has 0 saturated heterocycles. The Bertz CT molecular complexity index is 513. The van der Waals surface area contributed by atoms with Crippen LogP contribution in [0.3, 0.4) is 0 Å². The number of aromatic amines is 1. The van der Waals surface area contributed by atoms with Crippen LogP contribution < -0.4 is 5.73 Å². The van der Waals surface area contributed by atoms with Gasteiger partial charge in [-0.1, -0.05) is 0 Å². The molecule has 3 nitrogen and oxygen atoms in total. The molecule has 1 atom stereocenters. The lowest BCUT2D eigenvalue weighted by Gasteiger charge is -2.05. The second-order valence-electron chi connectivity index (χ2n) is 3.64. The molecule has 3 N–H and O–H groups in total. The number of imidazole rings is 1. The molecular formula is C10H10F3N3. The van der Waals surface area contributed by atoms with Gasteiger partial charge in [0.2, 0.25) is 0 Å². The van der Waals surface area contributed by atoms with Crippen molar-refractivity contribution < 1.29 is 13.2 Å². The third kappa shape index (κ3) is 1.88. The van der Waals surface area contributed by atoms with Crippen LogP contribution in [0.2, 0.25) is 0 Å². The Morgan fingerprint density at radius 1 is 1.38 bits per heavy atom. The van der Waals surface area contributed by atoms with E-state index in [2.05, 4.69) is 9.97 Å². The average Bonchev–Trinajstić information content (AvgIpc) is 2.58. The van der Waals surface area contributed by atoms with E-state index in [9.17, 15) is 13.2 Å². The van der Waals surface area contributed by atoms with Crippen LogP contribution >= 0.6 is 0 Å². The maximum absolute atomic E-state index is 12.4. The fraction of sp³-hybridized carbons (Fsp3) is 0.300. The van der Waals surface area contributed by atoms with E-state index < -0.39 is 11.7 Å². The Morgan fingerprint density at radius 2 is 2.06 bits per heavy atom. The average molecular weight is 229 g/mol. The summed E-state index contributed by atoms with van der Waals surface area (Å²) in [7, 11) is 0. The molecule has 0 saturated carbocycles. The van der Waals surface area contributed by atoms with Crippen LogP contribution in [0.1, 0.15) is 24.4 Å². The van der Waals surface area contributed by atoms with Crippen LogP contribution in [0.25, 0.3) is 11.0 Å². The topological polar surface area (TPSA) is 54.7 Å². The fourth-order valence-corrected chi connectivity index (χ4v) is 1.42. The summed E-state index contributed by atoms with van der Waals surface area (Å²) >= 11 is 0. The molecule has 0 aliphatic heterocycles. The predicted octanol–water partition coefficient (Wildman–Crippen LogP) is 2.60. The zero-order chi connectivity index (χ0) is 11.9. The standard InChI is InChI=1S/C10H10F3N3/c1-5(14)9-15-7-3-2-6(10(11,12)13)4-8(7)16-9/h2-5H,14H2,1H3,(H,15,16)/t5-/m1/s1. The first kappa shape index (κ1) is 10.9. The van der Waals surface area contributed by atoms with Crippen molar-refractivity contribution >= 4 is 11.0 Å². The Kier molecular flexibility index (Phi) is 2.38. The van der Waals surface area contributed by atoms with Gasteiger partial charge in [-0.05, 0) is 25.1 Å². The van der Waals surface area contributed by atoms with Crippen molar-refractivity contribution in [3.8, 4) is 0 Å². The molecule has 1 aromatic carbocycles. The van der Waals surface area contributed by atoms with Gasteiger partial charge in [-0.3, -0.25) is 0 Å². The zero-order valence-electron chi connectivity index (χ0n) is 8.47. The summed E-state index contributed by atoms with van der Waals surface area (Å²) in [6.07, 6.45) is -4.34. The van der Waals surface area contributed by atoms with Crippen molar-refractivity contribution in [1.82, 2.24) is 9.97 Å². The Hall–Kier alpha value is -1.56. The Labute approximate surface area is 89.5 Å². The minimum Gasteiger partial charge on any atom is -0.341 e. The molecule has 0 amide bonds. The normalized spacial score (nSPS) is 14.3. The molecule has 1 aromatic heterocycles. The van der Waals surface area contributed by atoms with Gasteiger partial charge < -0.3 is 10.7 Å². The Balaban J connectivity index is 2.54. The second kappa shape index (κ2) is 3.48. The van der Waals surface area contributed by atoms with Crippen molar-refractivity contribution in [2.75, 3.05) is 0 Å². The maximum Gasteiger partial charge on any atom is 0.416 e. The second-order valence-corrected chi connectivity index (χ2v) is 3.64. The molecular weight excluding hydrogens is 219 g/mol. The summed E-state index contributed by atoms with van der Waals surface area (Å²) in [4.78, 5) is 6.86. The molecule has 0 aliphatic carbocycles. The van der Waals surface area contributed by atoms with Gasteiger partial charge in [-0.2, -0.15) is 13.2 Å². The largest absolute Gasteiger partial charge is 0.416 e. The smallest absolute Gasteiger partial charge is 0.341 e. The number of hydrogen-bond acceptors (Lipinski definition) is 2. The fourth-order valence-electron chi connectivity index (χ4n) is 1.42. The predicted molar refractivity (Wildman–Crippen MR) is 53.7 cm³/mol. The van der Waals surface area contributed by atoms with Crippen LogP contribution in [-0.4, -0.2) is 9.97 Å². The van der Waals surface area contributed by atoms with Crippen LogP contribution in [0.5, 0.6) is 0 Å². The lowest BCUT2D eigenvalue weighted by molar-refractivity contribution is -0.137. The molecule has 0 unspecified atom stereocenters. The molecule has 0 aliphatic rings. The summed E-state index contributed by atoms with van der Waals surface area (Å²) in [6.45, 7) is 1.71. The minimum absolute atomic E-state index is 0.332.